The number of hydrogen-bond donors (Lipinski definition) is 3. The van der Waals surface area contributed by atoms with Crippen LogP contribution in [0.5, 0.6) is 0 Å². The molecule has 1 rings (SSSR count). The maximum absolute atomic E-state index is 11.4. The topological polar surface area (TPSA) is 91.3 Å². The van der Waals surface area contributed by atoms with Gasteiger partial charge in [0, 0.05) is 11.1 Å². The Morgan fingerprint density at radius 2 is 2.18 bits per heavy atom. The van der Waals surface area contributed by atoms with E-state index in [0.29, 0.717) is 6.54 Å². The van der Waals surface area contributed by atoms with Gasteiger partial charge in [0.2, 0.25) is 0 Å². The van der Waals surface area contributed by atoms with Crippen molar-refractivity contribution in [3.8, 4) is 0 Å². The molecule has 0 bridgehead atoms. The summed E-state index contributed by atoms with van der Waals surface area (Å²) in [5, 5.41) is 16.4. The molecule has 0 saturated heterocycles. The molecule has 0 unspecified atom stereocenters. The van der Waals surface area contributed by atoms with Crippen molar-refractivity contribution in [1.29, 1.82) is 0 Å². The van der Waals surface area contributed by atoms with Crippen molar-refractivity contribution in [2.45, 2.75) is 32.9 Å². The van der Waals surface area contributed by atoms with Crippen LogP contribution in [0.25, 0.3) is 0 Å². The molecule has 0 fully saturated rings. The summed E-state index contributed by atoms with van der Waals surface area (Å²) in [6.07, 6.45) is 0. The maximum Gasteiger partial charge on any atom is 0.328 e. The molecule has 0 spiro atoms. The van der Waals surface area contributed by atoms with E-state index in [0.717, 1.165) is 10.7 Å². The molecule has 1 aromatic rings. The quantitative estimate of drug-likeness (QED) is 0.753. The molecule has 0 aliphatic rings. The number of nitrogens with one attached hydrogen (secondary N) is 2. The normalized spacial score (nSPS) is 11.0. The number of rotatable bonds is 4. The second-order valence-corrected chi connectivity index (χ2v) is 5.06. The molecular formula is C10H15N3O3S. The molecule has 3 N–H and O–H groups in total. The molecule has 7 heteroatoms. The van der Waals surface area contributed by atoms with Crippen molar-refractivity contribution in [3.63, 3.8) is 0 Å². The second kappa shape index (κ2) is 5.13. The zero-order valence-corrected chi connectivity index (χ0v) is 10.7. The molecule has 0 saturated carbocycles. The molecule has 0 atom stereocenters. The van der Waals surface area contributed by atoms with Crippen molar-refractivity contribution in [3.05, 3.63) is 16.1 Å². The van der Waals surface area contributed by atoms with Gasteiger partial charge in [-0.15, -0.1) is 11.3 Å². The fourth-order valence-corrected chi connectivity index (χ4v) is 1.73. The third-order valence-electron chi connectivity index (χ3n) is 2.03. The Labute approximate surface area is 103 Å². The lowest BCUT2D eigenvalue weighted by Gasteiger charge is -2.20. The van der Waals surface area contributed by atoms with Crippen LogP contribution in [0.4, 0.5) is 4.79 Å². The number of thiazole rings is 1. The number of aromatic nitrogens is 1. The molecule has 6 nitrogen and oxygen atoms in total. The average molecular weight is 257 g/mol. The zero-order chi connectivity index (χ0) is 13.1. The molecule has 0 radical (unpaired) electrons. The predicted octanol–water partition coefficient (Wildman–Crippen LogP) is 1.11. The van der Waals surface area contributed by atoms with Gasteiger partial charge >= 0.3 is 12.0 Å². The van der Waals surface area contributed by atoms with Crippen LogP contribution < -0.4 is 10.6 Å². The number of aryl methyl sites for hydroxylation is 1. The molecule has 94 valence electrons. The zero-order valence-electron chi connectivity index (χ0n) is 9.90. The van der Waals surface area contributed by atoms with Gasteiger partial charge in [0.25, 0.3) is 0 Å². The lowest BCUT2D eigenvalue weighted by molar-refractivity contribution is -0.142. The first-order chi connectivity index (χ1) is 7.81. The minimum atomic E-state index is -1.29. The number of hydrogen-bond acceptors (Lipinski definition) is 4. The van der Waals surface area contributed by atoms with Crippen LogP contribution >= 0.6 is 11.3 Å². The third-order valence-corrected chi connectivity index (χ3v) is 2.99. The van der Waals surface area contributed by atoms with Crippen molar-refractivity contribution in [2.24, 2.45) is 0 Å². The Balaban J connectivity index is 2.43. The summed E-state index contributed by atoms with van der Waals surface area (Å²) < 4.78 is 0. The van der Waals surface area contributed by atoms with E-state index < -0.39 is 17.5 Å². The Bertz CT molecular complexity index is 428. The molecule has 1 heterocycles. The van der Waals surface area contributed by atoms with Crippen LogP contribution in [0.3, 0.4) is 0 Å². The number of nitrogens with zero attached hydrogens (tertiary/aromatic N) is 1. The fraction of sp³-hybridized carbons (Fsp3) is 0.500. The van der Waals surface area contributed by atoms with E-state index in [4.69, 9.17) is 5.11 Å². The minimum absolute atomic E-state index is 0.292. The van der Waals surface area contributed by atoms with E-state index in [-0.39, 0.29) is 0 Å². The number of urea groups is 1. The van der Waals surface area contributed by atoms with Gasteiger partial charge in [-0.25, -0.2) is 14.6 Å². The van der Waals surface area contributed by atoms with Crippen molar-refractivity contribution < 1.29 is 14.7 Å². The number of carboxylic acids is 1. The molecule has 2 amide bonds. The summed E-state index contributed by atoms with van der Waals surface area (Å²) in [6.45, 7) is 5.00. The monoisotopic (exact) mass is 257 g/mol. The Morgan fingerprint density at radius 3 is 2.65 bits per heavy atom. The molecule has 0 aromatic carbocycles. The summed E-state index contributed by atoms with van der Waals surface area (Å²) in [7, 11) is 0. The average Bonchev–Trinajstić information content (AvgIpc) is 2.60. The van der Waals surface area contributed by atoms with Gasteiger partial charge in [-0.3, -0.25) is 0 Å². The number of carbonyl (C=O) groups is 2. The van der Waals surface area contributed by atoms with E-state index in [1.165, 1.54) is 25.2 Å². The van der Waals surface area contributed by atoms with Gasteiger partial charge in [0.05, 0.1) is 6.54 Å². The van der Waals surface area contributed by atoms with Crippen LogP contribution in [0.2, 0.25) is 0 Å². The highest BCUT2D eigenvalue weighted by Crippen LogP contribution is 2.08. The van der Waals surface area contributed by atoms with Crippen LogP contribution in [-0.4, -0.2) is 27.6 Å². The molecule has 1 aromatic heterocycles. The molecular weight excluding hydrogens is 242 g/mol. The summed E-state index contributed by atoms with van der Waals surface area (Å²) in [4.78, 5) is 26.4. The summed E-state index contributed by atoms with van der Waals surface area (Å²) in [6, 6.07) is -0.523. The van der Waals surface area contributed by atoms with Crippen LogP contribution in [0.15, 0.2) is 5.38 Å². The smallest absolute Gasteiger partial charge is 0.328 e. The third kappa shape index (κ3) is 4.03. The van der Waals surface area contributed by atoms with Gasteiger partial charge in [0.1, 0.15) is 10.5 Å². The summed E-state index contributed by atoms with van der Waals surface area (Å²) in [5.74, 6) is -1.09. The lowest BCUT2D eigenvalue weighted by atomic mass is 10.1. The number of amides is 2. The van der Waals surface area contributed by atoms with Crippen molar-refractivity contribution in [2.75, 3.05) is 0 Å². The van der Waals surface area contributed by atoms with E-state index >= 15 is 0 Å². The number of aliphatic carboxylic acids is 1. The van der Waals surface area contributed by atoms with Crippen LogP contribution in [0.1, 0.15) is 24.5 Å². The molecule has 0 aliphatic heterocycles. The largest absolute Gasteiger partial charge is 0.480 e. The molecule has 0 aliphatic carbocycles. The second-order valence-electron chi connectivity index (χ2n) is 4.12. The first-order valence-corrected chi connectivity index (χ1v) is 5.89. The first kappa shape index (κ1) is 13.4. The fourth-order valence-electron chi connectivity index (χ4n) is 1.02. The van der Waals surface area contributed by atoms with E-state index in [1.54, 1.807) is 0 Å². The van der Waals surface area contributed by atoms with Crippen LogP contribution in [-0.2, 0) is 11.3 Å². The van der Waals surface area contributed by atoms with Crippen molar-refractivity contribution >= 4 is 23.3 Å². The van der Waals surface area contributed by atoms with Gasteiger partial charge in [-0.1, -0.05) is 0 Å². The standard InChI is InChI=1S/C10H15N3O3S/c1-6-5-17-7(12-6)4-11-9(16)13-10(2,3)8(14)15/h5H,4H2,1-3H3,(H,14,15)(H2,11,13,16). The summed E-state index contributed by atoms with van der Waals surface area (Å²) >= 11 is 1.45. The Kier molecular flexibility index (Phi) is 4.06. The Hall–Kier alpha value is -1.63. The number of carboxylic acid groups (broad SMARTS) is 1. The van der Waals surface area contributed by atoms with E-state index in [2.05, 4.69) is 15.6 Å². The van der Waals surface area contributed by atoms with Gasteiger partial charge in [0.15, 0.2) is 0 Å². The minimum Gasteiger partial charge on any atom is -0.480 e. The summed E-state index contributed by atoms with van der Waals surface area (Å²) in [5.41, 5.74) is -0.388. The van der Waals surface area contributed by atoms with Gasteiger partial charge < -0.3 is 15.7 Å². The van der Waals surface area contributed by atoms with Crippen molar-refractivity contribution in [1.82, 2.24) is 15.6 Å². The SMILES string of the molecule is Cc1csc(CNC(=O)NC(C)(C)C(=O)O)n1. The highest BCUT2D eigenvalue weighted by Gasteiger charge is 2.28. The highest BCUT2D eigenvalue weighted by atomic mass is 32.1. The van der Waals surface area contributed by atoms with Crippen LogP contribution in [0, 0.1) is 6.92 Å². The highest BCUT2D eigenvalue weighted by molar-refractivity contribution is 7.09. The lowest BCUT2D eigenvalue weighted by Crippen LogP contribution is -2.52. The Morgan fingerprint density at radius 1 is 1.53 bits per heavy atom. The van der Waals surface area contributed by atoms with Gasteiger partial charge in [-0.2, -0.15) is 0 Å². The van der Waals surface area contributed by atoms with E-state index in [1.807, 2.05) is 12.3 Å². The molecule has 17 heavy (non-hydrogen) atoms. The first-order valence-electron chi connectivity index (χ1n) is 5.01. The van der Waals surface area contributed by atoms with Gasteiger partial charge in [-0.05, 0) is 20.8 Å². The van der Waals surface area contributed by atoms with E-state index in [9.17, 15) is 9.59 Å². The predicted molar refractivity (Wildman–Crippen MR) is 63.9 cm³/mol. The number of carbonyl (C=O) groups excluding carboxylic acids is 1. The maximum atomic E-state index is 11.4.